The summed E-state index contributed by atoms with van der Waals surface area (Å²) in [5.74, 6) is 0.591. The molecule has 1 aromatic heterocycles. The molecule has 42 heavy (non-hydrogen) atoms. The molecule has 0 bridgehead atoms. The van der Waals surface area contributed by atoms with E-state index < -0.39 is 5.41 Å². The van der Waals surface area contributed by atoms with Crippen molar-refractivity contribution in [3.63, 3.8) is 0 Å². The molecule has 6 rings (SSSR count). The van der Waals surface area contributed by atoms with Gasteiger partial charge < -0.3 is 9.47 Å². The number of para-hydroxylation sites is 1. The van der Waals surface area contributed by atoms with Gasteiger partial charge in [0.25, 0.3) is 0 Å². The molecule has 3 aromatic rings. The predicted octanol–water partition coefficient (Wildman–Crippen LogP) is 6.49. The Labute approximate surface area is 248 Å². The van der Waals surface area contributed by atoms with Crippen molar-refractivity contribution in [3.05, 3.63) is 76.6 Å². The van der Waals surface area contributed by atoms with E-state index in [-0.39, 0.29) is 36.1 Å². The fourth-order valence-electron chi connectivity index (χ4n) is 7.80. The van der Waals surface area contributed by atoms with Crippen molar-refractivity contribution in [1.82, 2.24) is 15.0 Å². The van der Waals surface area contributed by atoms with Crippen LogP contribution in [0.2, 0.25) is 0 Å². The number of hydrogen-bond donors (Lipinski definition) is 0. The lowest BCUT2D eigenvalue weighted by Gasteiger charge is -2.54. The van der Waals surface area contributed by atoms with Crippen molar-refractivity contribution >= 4 is 17.7 Å². The SMILES string of the molecule is Cc1ccccc1N1CC(Cn2cc(COC(=O)[C@]3(C)CCC[C@]4(C)c5ccc(C(C)C)cc5CC[C@@H]34)nn2)OC1=O. The van der Waals surface area contributed by atoms with E-state index in [2.05, 4.69) is 56.2 Å². The van der Waals surface area contributed by atoms with Gasteiger partial charge in [-0.1, -0.05) is 68.8 Å². The van der Waals surface area contributed by atoms with Gasteiger partial charge >= 0.3 is 12.1 Å². The first-order valence-corrected chi connectivity index (χ1v) is 15.3. The maximum atomic E-state index is 13.7. The average Bonchev–Trinajstić information content (AvgIpc) is 3.57. The second-order valence-corrected chi connectivity index (χ2v) is 13.3. The zero-order valence-corrected chi connectivity index (χ0v) is 25.4. The predicted molar refractivity (Wildman–Crippen MR) is 160 cm³/mol. The van der Waals surface area contributed by atoms with Gasteiger partial charge in [0.05, 0.1) is 30.4 Å². The largest absolute Gasteiger partial charge is 0.459 e. The molecular formula is C34H42N4O4. The van der Waals surface area contributed by atoms with Crippen LogP contribution in [-0.4, -0.2) is 39.7 Å². The van der Waals surface area contributed by atoms with E-state index in [9.17, 15) is 9.59 Å². The summed E-state index contributed by atoms with van der Waals surface area (Å²) in [5.41, 5.74) is 6.12. The Bertz CT molecular complexity index is 1500. The molecule has 2 aliphatic carbocycles. The number of carbonyl (C=O) groups excluding carboxylic acids is 2. The van der Waals surface area contributed by atoms with Crippen molar-refractivity contribution in [2.24, 2.45) is 11.3 Å². The summed E-state index contributed by atoms with van der Waals surface area (Å²) < 4.78 is 13.2. The first-order valence-electron chi connectivity index (χ1n) is 15.3. The van der Waals surface area contributed by atoms with Gasteiger partial charge in [-0.3, -0.25) is 9.69 Å². The molecule has 222 valence electrons. The van der Waals surface area contributed by atoms with E-state index in [0.29, 0.717) is 24.7 Å². The number of nitrogens with zero attached hydrogens (tertiary/aromatic N) is 4. The molecule has 4 atom stereocenters. The zero-order chi connectivity index (χ0) is 29.6. The highest BCUT2D eigenvalue weighted by atomic mass is 16.6. The first-order chi connectivity index (χ1) is 20.1. The van der Waals surface area contributed by atoms with E-state index in [0.717, 1.165) is 43.4 Å². The van der Waals surface area contributed by atoms with Gasteiger partial charge in [0.1, 0.15) is 18.4 Å². The van der Waals surface area contributed by atoms with E-state index >= 15 is 0 Å². The van der Waals surface area contributed by atoms with Crippen LogP contribution in [0.4, 0.5) is 10.5 Å². The summed E-state index contributed by atoms with van der Waals surface area (Å²) in [5, 5.41) is 8.45. The van der Waals surface area contributed by atoms with Crippen LogP contribution >= 0.6 is 0 Å². The Morgan fingerprint density at radius 1 is 1.17 bits per heavy atom. The molecule has 2 fully saturated rings. The highest BCUT2D eigenvalue weighted by Crippen LogP contribution is 2.57. The monoisotopic (exact) mass is 570 g/mol. The molecule has 1 amide bonds. The summed E-state index contributed by atoms with van der Waals surface area (Å²) in [6.45, 7) is 11.8. The molecule has 1 saturated carbocycles. The third-order valence-electron chi connectivity index (χ3n) is 10.1. The van der Waals surface area contributed by atoms with Crippen LogP contribution in [0.1, 0.15) is 87.2 Å². The minimum Gasteiger partial charge on any atom is -0.459 e. The van der Waals surface area contributed by atoms with E-state index in [1.807, 2.05) is 31.2 Å². The number of benzene rings is 2. The summed E-state index contributed by atoms with van der Waals surface area (Å²) in [6, 6.07) is 14.8. The number of anilines is 1. The molecule has 0 spiro atoms. The number of amides is 1. The van der Waals surface area contributed by atoms with Gasteiger partial charge in [-0.15, -0.1) is 5.10 Å². The molecule has 2 heterocycles. The molecule has 2 aromatic carbocycles. The van der Waals surface area contributed by atoms with Crippen LogP contribution in [0.3, 0.4) is 0 Å². The molecule has 1 saturated heterocycles. The molecule has 3 aliphatic rings. The number of ether oxygens (including phenoxy) is 2. The molecule has 0 N–H and O–H groups in total. The number of cyclic esters (lactones) is 1. The van der Waals surface area contributed by atoms with Gasteiger partial charge in [0.15, 0.2) is 0 Å². The summed E-state index contributed by atoms with van der Waals surface area (Å²) in [7, 11) is 0. The maximum Gasteiger partial charge on any atom is 0.414 e. The topological polar surface area (TPSA) is 86.6 Å². The molecule has 8 heteroatoms. The minimum atomic E-state index is -0.547. The smallest absolute Gasteiger partial charge is 0.414 e. The van der Waals surface area contributed by atoms with Crippen LogP contribution in [-0.2, 0) is 39.3 Å². The fourth-order valence-corrected chi connectivity index (χ4v) is 7.80. The number of carbonyl (C=O) groups is 2. The third-order valence-corrected chi connectivity index (χ3v) is 10.1. The first kappa shape index (κ1) is 28.4. The van der Waals surface area contributed by atoms with Crippen LogP contribution in [0.25, 0.3) is 0 Å². The Hall–Kier alpha value is -3.68. The number of hydrogen-bond acceptors (Lipinski definition) is 6. The minimum absolute atomic E-state index is 0.0386. The Kier molecular flexibility index (Phi) is 7.36. The number of aromatic nitrogens is 3. The Morgan fingerprint density at radius 3 is 2.76 bits per heavy atom. The standard InChI is InChI=1S/C34H42N4O4/c1-22(2)24-11-13-28-25(17-24)12-14-30-33(28,4)15-8-16-34(30,5)31(39)41-21-26-18-37(36-35-26)19-27-20-38(32(40)42-27)29-10-7-6-9-23(29)3/h6-7,9-11,13,17-18,22,27,30H,8,12,14-16,19-21H2,1-5H3/t27?,30-,33-,34-/m1/s1. The number of esters is 1. The molecule has 1 unspecified atom stereocenters. The van der Waals surface area contributed by atoms with E-state index in [4.69, 9.17) is 9.47 Å². The second-order valence-electron chi connectivity index (χ2n) is 13.3. The van der Waals surface area contributed by atoms with Crippen molar-refractivity contribution in [2.45, 2.75) is 97.3 Å². The van der Waals surface area contributed by atoms with E-state index in [1.165, 1.54) is 16.7 Å². The summed E-state index contributed by atoms with van der Waals surface area (Å²) >= 11 is 0. The quantitative estimate of drug-likeness (QED) is 0.302. The van der Waals surface area contributed by atoms with Gasteiger partial charge in [-0.25, -0.2) is 9.48 Å². The zero-order valence-electron chi connectivity index (χ0n) is 25.4. The highest BCUT2D eigenvalue weighted by Gasteiger charge is 2.55. The van der Waals surface area contributed by atoms with Crippen LogP contribution in [0, 0.1) is 18.3 Å². The number of aryl methyl sites for hydroxylation is 2. The summed E-state index contributed by atoms with van der Waals surface area (Å²) in [6.07, 6.45) is 5.99. The van der Waals surface area contributed by atoms with Crippen LogP contribution in [0.5, 0.6) is 0 Å². The van der Waals surface area contributed by atoms with Gasteiger partial charge in [0, 0.05) is 0 Å². The lowest BCUT2D eigenvalue weighted by Crippen LogP contribution is -2.52. The Balaban J connectivity index is 1.09. The van der Waals surface area contributed by atoms with E-state index in [1.54, 1.807) is 15.8 Å². The maximum absolute atomic E-state index is 13.7. The molecular weight excluding hydrogens is 528 g/mol. The van der Waals surface area contributed by atoms with Gasteiger partial charge in [-0.2, -0.15) is 0 Å². The van der Waals surface area contributed by atoms with Crippen molar-refractivity contribution in [2.75, 3.05) is 11.4 Å². The third kappa shape index (κ3) is 4.99. The van der Waals surface area contributed by atoms with Crippen molar-refractivity contribution < 1.29 is 19.1 Å². The average molecular weight is 571 g/mol. The van der Waals surface area contributed by atoms with Gasteiger partial charge in [-0.05, 0) is 85.1 Å². The van der Waals surface area contributed by atoms with Crippen molar-refractivity contribution in [1.29, 1.82) is 0 Å². The number of rotatable bonds is 7. The second kappa shape index (κ2) is 10.9. The lowest BCUT2D eigenvalue weighted by atomic mass is 9.49. The summed E-state index contributed by atoms with van der Waals surface area (Å²) in [4.78, 5) is 27.9. The van der Waals surface area contributed by atoms with Crippen LogP contribution in [0.15, 0.2) is 48.7 Å². The van der Waals surface area contributed by atoms with Crippen molar-refractivity contribution in [3.8, 4) is 0 Å². The van der Waals surface area contributed by atoms with Gasteiger partial charge in [0.2, 0.25) is 0 Å². The number of fused-ring (bicyclic) bond motifs is 3. The highest BCUT2D eigenvalue weighted by molar-refractivity contribution is 5.90. The normalized spacial score (nSPS) is 27.0. The Morgan fingerprint density at radius 2 is 1.98 bits per heavy atom. The molecule has 8 nitrogen and oxygen atoms in total. The fraction of sp³-hybridized carbons (Fsp3) is 0.529. The lowest BCUT2D eigenvalue weighted by molar-refractivity contribution is -0.166. The van der Waals surface area contributed by atoms with Crippen LogP contribution < -0.4 is 4.90 Å². The molecule has 1 aliphatic heterocycles. The molecule has 0 radical (unpaired) electrons.